The second-order valence-electron chi connectivity index (χ2n) is 10.1. The predicted molar refractivity (Wildman–Crippen MR) is 132 cm³/mol. The number of benzene rings is 1. The van der Waals surface area contributed by atoms with Gasteiger partial charge in [-0.1, -0.05) is 12.1 Å². The summed E-state index contributed by atoms with van der Waals surface area (Å²) in [5.74, 6) is 0.258. The standard InChI is InChI=1S/C26H36N6O2/c1-18-23(19(2)29(4)27-18)15-25(33)31-16-21-10-9-20(31)17-32(21)26(34)22-7-5-6-8-24(22)30-13-11-28(3)12-14-30/h5-8,20-21H,9-17H2,1-4H3. The fourth-order valence-electron chi connectivity index (χ4n) is 5.84. The predicted octanol–water partition coefficient (Wildman–Crippen LogP) is 1.85. The summed E-state index contributed by atoms with van der Waals surface area (Å²) in [5.41, 5.74) is 4.83. The van der Waals surface area contributed by atoms with Crippen LogP contribution < -0.4 is 4.90 Å². The number of anilines is 1. The van der Waals surface area contributed by atoms with Crippen molar-refractivity contribution in [2.45, 2.75) is 45.2 Å². The van der Waals surface area contributed by atoms with Gasteiger partial charge in [0.1, 0.15) is 0 Å². The number of para-hydroxylation sites is 1. The first-order valence-corrected chi connectivity index (χ1v) is 12.5. The third kappa shape index (κ3) is 4.08. The van der Waals surface area contributed by atoms with Crippen LogP contribution in [-0.2, 0) is 18.3 Å². The molecule has 8 heteroatoms. The lowest BCUT2D eigenvalue weighted by atomic mass is 9.89. The number of hydrogen-bond acceptors (Lipinski definition) is 5. The van der Waals surface area contributed by atoms with E-state index >= 15 is 0 Å². The molecule has 2 atom stereocenters. The molecule has 0 spiro atoms. The van der Waals surface area contributed by atoms with Crippen LogP contribution >= 0.6 is 0 Å². The van der Waals surface area contributed by atoms with Crippen molar-refractivity contribution in [3.05, 3.63) is 46.8 Å². The average Bonchev–Trinajstić information content (AvgIpc) is 3.10. The van der Waals surface area contributed by atoms with Crippen LogP contribution in [0.25, 0.3) is 0 Å². The molecular weight excluding hydrogens is 428 g/mol. The molecular formula is C26H36N6O2. The molecule has 4 saturated heterocycles. The smallest absolute Gasteiger partial charge is 0.256 e. The Hall–Kier alpha value is -2.87. The normalized spacial score (nSPS) is 23.0. The monoisotopic (exact) mass is 464 g/mol. The van der Waals surface area contributed by atoms with E-state index in [-0.39, 0.29) is 23.9 Å². The van der Waals surface area contributed by atoms with Crippen molar-refractivity contribution in [3.8, 4) is 0 Å². The molecule has 8 nitrogen and oxygen atoms in total. The number of fused-ring (bicyclic) bond motifs is 3. The maximum Gasteiger partial charge on any atom is 0.256 e. The molecule has 0 radical (unpaired) electrons. The maximum atomic E-state index is 13.8. The number of aromatic nitrogens is 2. The van der Waals surface area contributed by atoms with Crippen LogP contribution in [0, 0.1) is 13.8 Å². The topological polar surface area (TPSA) is 64.9 Å². The second-order valence-corrected chi connectivity index (χ2v) is 10.1. The Morgan fingerprint density at radius 2 is 1.59 bits per heavy atom. The minimum atomic E-state index is 0.0816. The first-order valence-electron chi connectivity index (χ1n) is 12.5. The van der Waals surface area contributed by atoms with Crippen LogP contribution in [0.3, 0.4) is 0 Å². The van der Waals surface area contributed by atoms with E-state index in [1.807, 2.05) is 53.6 Å². The van der Waals surface area contributed by atoms with Gasteiger partial charge in [0.05, 0.1) is 17.7 Å². The van der Waals surface area contributed by atoms with Gasteiger partial charge < -0.3 is 19.6 Å². The van der Waals surface area contributed by atoms with Crippen molar-refractivity contribution in [2.24, 2.45) is 7.05 Å². The van der Waals surface area contributed by atoms with Crippen molar-refractivity contribution in [2.75, 3.05) is 51.2 Å². The van der Waals surface area contributed by atoms with Crippen molar-refractivity contribution in [3.63, 3.8) is 0 Å². The molecule has 182 valence electrons. The van der Waals surface area contributed by atoms with Crippen LogP contribution in [-0.4, -0.2) is 94.7 Å². The molecule has 0 saturated carbocycles. The quantitative estimate of drug-likeness (QED) is 0.691. The van der Waals surface area contributed by atoms with Crippen molar-refractivity contribution in [1.82, 2.24) is 24.5 Å². The van der Waals surface area contributed by atoms with Crippen LogP contribution in [0.15, 0.2) is 24.3 Å². The van der Waals surface area contributed by atoms with Crippen molar-refractivity contribution in [1.29, 1.82) is 0 Å². The van der Waals surface area contributed by atoms with Crippen molar-refractivity contribution < 1.29 is 9.59 Å². The van der Waals surface area contributed by atoms with E-state index < -0.39 is 0 Å². The number of piperazine rings is 2. The molecule has 1 aromatic heterocycles. The Morgan fingerprint density at radius 1 is 0.941 bits per heavy atom. The van der Waals surface area contributed by atoms with E-state index in [1.54, 1.807) is 0 Å². The summed E-state index contributed by atoms with van der Waals surface area (Å²) in [6, 6.07) is 8.20. The van der Waals surface area contributed by atoms with E-state index in [2.05, 4.69) is 28.0 Å². The summed E-state index contributed by atoms with van der Waals surface area (Å²) in [5, 5.41) is 4.46. The van der Waals surface area contributed by atoms with Gasteiger partial charge >= 0.3 is 0 Å². The van der Waals surface area contributed by atoms with Gasteiger partial charge in [0.15, 0.2) is 0 Å². The largest absolute Gasteiger partial charge is 0.368 e. The van der Waals surface area contributed by atoms with Crippen LogP contribution in [0.2, 0.25) is 0 Å². The number of likely N-dealkylation sites (N-methyl/N-ethyl adjacent to an activating group) is 1. The lowest BCUT2D eigenvalue weighted by Gasteiger charge is -2.51. The molecule has 4 fully saturated rings. The summed E-state index contributed by atoms with van der Waals surface area (Å²) in [7, 11) is 4.06. The number of nitrogens with zero attached hydrogens (tertiary/aromatic N) is 6. The fourth-order valence-corrected chi connectivity index (χ4v) is 5.84. The Kier molecular flexibility index (Phi) is 6.10. The number of carbonyl (C=O) groups excluding carboxylic acids is 2. The summed E-state index contributed by atoms with van der Waals surface area (Å²) in [6.45, 7) is 9.11. The zero-order chi connectivity index (χ0) is 24.0. The van der Waals surface area contributed by atoms with E-state index in [0.717, 1.165) is 67.2 Å². The van der Waals surface area contributed by atoms with E-state index in [0.29, 0.717) is 19.5 Å². The van der Waals surface area contributed by atoms with Crippen molar-refractivity contribution >= 4 is 17.5 Å². The SMILES string of the molecule is Cc1nn(C)c(C)c1CC(=O)N1CC2CCC1CN2C(=O)c1ccccc1N1CCN(C)CC1. The molecule has 5 heterocycles. The number of rotatable bonds is 4. The Balaban J connectivity index is 1.30. The fraction of sp³-hybridized carbons (Fsp3) is 0.577. The minimum Gasteiger partial charge on any atom is -0.368 e. The van der Waals surface area contributed by atoms with Gasteiger partial charge in [-0.05, 0) is 45.9 Å². The molecule has 2 aromatic rings. The molecule has 1 aromatic carbocycles. The number of hydrogen-bond donors (Lipinski definition) is 0. The molecule has 2 amide bonds. The summed E-state index contributed by atoms with van der Waals surface area (Å²) in [6.07, 6.45) is 2.31. The van der Waals surface area contributed by atoms with Gasteiger partial charge in [0.25, 0.3) is 5.91 Å². The Morgan fingerprint density at radius 3 is 2.21 bits per heavy atom. The first kappa shape index (κ1) is 22.9. The van der Waals surface area contributed by atoms with Crippen LogP contribution in [0.1, 0.15) is 40.2 Å². The second kappa shape index (κ2) is 9.06. The molecule has 0 aliphatic carbocycles. The Bertz CT molecular complexity index is 1090. The lowest BCUT2D eigenvalue weighted by Crippen LogP contribution is -2.65. The van der Waals surface area contributed by atoms with Gasteiger partial charge in [-0.2, -0.15) is 5.10 Å². The zero-order valence-electron chi connectivity index (χ0n) is 20.8. The molecule has 2 bridgehead atoms. The van der Waals surface area contributed by atoms with Gasteiger partial charge in [-0.25, -0.2) is 0 Å². The number of amides is 2. The number of piperidine rings is 2. The summed E-state index contributed by atoms with van der Waals surface area (Å²) in [4.78, 5) is 35.8. The lowest BCUT2D eigenvalue weighted by molar-refractivity contribution is -0.139. The zero-order valence-corrected chi connectivity index (χ0v) is 20.8. The van der Waals surface area contributed by atoms with E-state index in [9.17, 15) is 9.59 Å². The molecule has 0 N–H and O–H groups in total. The summed E-state index contributed by atoms with van der Waals surface area (Å²) >= 11 is 0. The Labute approximate surface area is 202 Å². The maximum absolute atomic E-state index is 13.8. The third-order valence-electron chi connectivity index (χ3n) is 8.08. The minimum absolute atomic E-state index is 0.0816. The van der Waals surface area contributed by atoms with E-state index in [4.69, 9.17) is 0 Å². The van der Waals surface area contributed by atoms with E-state index in [1.165, 1.54) is 0 Å². The highest BCUT2D eigenvalue weighted by molar-refractivity contribution is 6.00. The average molecular weight is 465 g/mol. The molecule has 2 unspecified atom stereocenters. The molecule has 4 aliphatic rings. The number of carbonyl (C=O) groups is 2. The third-order valence-corrected chi connectivity index (χ3v) is 8.08. The molecule has 6 rings (SSSR count). The number of aryl methyl sites for hydroxylation is 2. The highest BCUT2D eigenvalue weighted by atomic mass is 16.2. The van der Waals surface area contributed by atoms with Gasteiger partial charge in [-0.3, -0.25) is 14.3 Å². The molecule has 4 aliphatic heterocycles. The molecule has 34 heavy (non-hydrogen) atoms. The van der Waals surface area contributed by atoms with Gasteiger partial charge in [0.2, 0.25) is 5.91 Å². The highest BCUT2D eigenvalue weighted by Gasteiger charge is 2.43. The van der Waals surface area contributed by atoms with Crippen LogP contribution in [0.4, 0.5) is 5.69 Å². The van der Waals surface area contributed by atoms with Gasteiger partial charge in [-0.15, -0.1) is 0 Å². The first-order chi connectivity index (χ1) is 16.3. The van der Waals surface area contributed by atoms with Gasteiger partial charge in [0, 0.05) is 75.3 Å². The highest BCUT2D eigenvalue weighted by Crippen LogP contribution is 2.33. The van der Waals surface area contributed by atoms with Crippen LogP contribution in [0.5, 0.6) is 0 Å². The summed E-state index contributed by atoms with van der Waals surface area (Å²) < 4.78 is 1.85.